The summed E-state index contributed by atoms with van der Waals surface area (Å²) in [6.07, 6.45) is 2.58. The lowest BCUT2D eigenvalue weighted by atomic mass is 10.1. The van der Waals surface area contributed by atoms with E-state index in [1.54, 1.807) is 6.20 Å². The van der Waals surface area contributed by atoms with E-state index in [1.807, 2.05) is 35.2 Å². The molecule has 0 radical (unpaired) electrons. The average molecular weight is 469 g/mol. The topological polar surface area (TPSA) is 82.9 Å². The molecule has 2 aromatic rings. The van der Waals surface area contributed by atoms with Gasteiger partial charge in [0.05, 0.1) is 30.1 Å². The van der Waals surface area contributed by atoms with Crippen LogP contribution in [0.3, 0.4) is 0 Å². The SMILES string of the molecule is CCN(CC)CCNc1c(N2CCN(C(=O)C3CCOC3)CC2)cnn(-c2ccccc2)c1=O. The van der Waals surface area contributed by atoms with Crippen LogP contribution >= 0.6 is 0 Å². The van der Waals surface area contributed by atoms with Gasteiger partial charge in [-0.15, -0.1) is 0 Å². The zero-order valence-corrected chi connectivity index (χ0v) is 20.3. The van der Waals surface area contributed by atoms with Gasteiger partial charge in [0.25, 0.3) is 5.56 Å². The maximum absolute atomic E-state index is 13.5. The number of aromatic nitrogens is 2. The van der Waals surface area contributed by atoms with E-state index in [0.29, 0.717) is 51.6 Å². The van der Waals surface area contributed by atoms with Crippen molar-refractivity contribution in [3.8, 4) is 5.69 Å². The van der Waals surface area contributed by atoms with Crippen molar-refractivity contribution < 1.29 is 9.53 Å². The van der Waals surface area contributed by atoms with Crippen LogP contribution in [0.5, 0.6) is 0 Å². The van der Waals surface area contributed by atoms with Crippen LogP contribution < -0.4 is 15.8 Å². The van der Waals surface area contributed by atoms with E-state index in [4.69, 9.17) is 4.74 Å². The summed E-state index contributed by atoms with van der Waals surface area (Å²) in [5.74, 6) is 0.174. The van der Waals surface area contributed by atoms with Gasteiger partial charge in [-0.2, -0.15) is 9.78 Å². The minimum absolute atomic E-state index is 0.0136. The number of hydrogen-bond donors (Lipinski definition) is 1. The van der Waals surface area contributed by atoms with Gasteiger partial charge in [-0.3, -0.25) is 9.59 Å². The number of ether oxygens (including phenoxy) is 1. The molecule has 1 unspecified atom stereocenters. The number of amides is 1. The monoisotopic (exact) mass is 468 g/mol. The highest BCUT2D eigenvalue weighted by Gasteiger charge is 2.31. The molecule has 2 aliphatic heterocycles. The molecule has 1 amide bonds. The van der Waals surface area contributed by atoms with Crippen LogP contribution in [0.15, 0.2) is 41.3 Å². The second kappa shape index (κ2) is 11.5. The molecule has 4 rings (SSSR count). The van der Waals surface area contributed by atoms with Crippen LogP contribution in [0.2, 0.25) is 0 Å². The van der Waals surface area contributed by atoms with Crippen LogP contribution in [0.1, 0.15) is 20.3 Å². The summed E-state index contributed by atoms with van der Waals surface area (Å²) in [5, 5.41) is 7.91. The van der Waals surface area contributed by atoms with Crippen molar-refractivity contribution in [2.75, 3.05) is 75.8 Å². The Labute approximate surface area is 201 Å². The summed E-state index contributed by atoms with van der Waals surface area (Å²) < 4.78 is 6.84. The lowest BCUT2D eigenvalue weighted by Crippen LogP contribution is -2.51. The molecule has 34 heavy (non-hydrogen) atoms. The summed E-state index contributed by atoms with van der Waals surface area (Å²) in [6.45, 7) is 11.5. The molecule has 1 N–H and O–H groups in total. The van der Waals surface area contributed by atoms with Gasteiger partial charge in [0.15, 0.2) is 0 Å². The van der Waals surface area contributed by atoms with Gasteiger partial charge < -0.3 is 24.8 Å². The maximum atomic E-state index is 13.5. The van der Waals surface area contributed by atoms with E-state index >= 15 is 0 Å². The summed E-state index contributed by atoms with van der Waals surface area (Å²) >= 11 is 0. The molecule has 0 aliphatic carbocycles. The van der Waals surface area contributed by atoms with Crippen molar-refractivity contribution in [2.45, 2.75) is 20.3 Å². The smallest absolute Gasteiger partial charge is 0.296 e. The van der Waals surface area contributed by atoms with Crippen LogP contribution in [0, 0.1) is 5.92 Å². The molecule has 3 heterocycles. The van der Waals surface area contributed by atoms with E-state index < -0.39 is 0 Å². The molecule has 9 nitrogen and oxygen atoms in total. The van der Waals surface area contributed by atoms with Gasteiger partial charge in [0.1, 0.15) is 5.69 Å². The molecule has 9 heteroatoms. The Morgan fingerprint density at radius 1 is 1.15 bits per heavy atom. The third-order valence-corrected chi connectivity index (χ3v) is 6.79. The number of nitrogens with zero attached hydrogens (tertiary/aromatic N) is 5. The molecule has 2 aliphatic rings. The average Bonchev–Trinajstić information content (AvgIpc) is 3.43. The van der Waals surface area contributed by atoms with Crippen LogP contribution in [0.25, 0.3) is 5.69 Å². The zero-order chi connectivity index (χ0) is 23.9. The second-order valence-electron chi connectivity index (χ2n) is 8.78. The molecule has 0 bridgehead atoms. The van der Waals surface area contributed by atoms with Crippen LogP contribution in [0.4, 0.5) is 11.4 Å². The Hall–Kier alpha value is -2.91. The molecule has 184 valence electrons. The van der Waals surface area contributed by atoms with Crippen molar-refractivity contribution in [3.05, 3.63) is 46.9 Å². The fourth-order valence-electron chi connectivity index (χ4n) is 4.64. The Kier molecular flexibility index (Phi) is 8.18. The molecular weight excluding hydrogens is 432 g/mol. The van der Waals surface area contributed by atoms with Crippen LogP contribution in [-0.2, 0) is 9.53 Å². The molecule has 1 aromatic heterocycles. The van der Waals surface area contributed by atoms with Crippen LogP contribution in [-0.4, -0.2) is 91.1 Å². The fraction of sp³-hybridized carbons (Fsp3) is 0.560. The van der Waals surface area contributed by atoms with Crippen molar-refractivity contribution in [1.82, 2.24) is 19.6 Å². The molecule has 1 atom stereocenters. The van der Waals surface area contributed by atoms with E-state index in [9.17, 15) is 9.59 Å². The van der Waals surface area contributed by atoms with Gasteiger partial charge in [-0.05, 0) is 31.6 Å². The highest BCUT2D eigenvalue weighted by Crippen LogP contribution is 2.24. The zero-order valence-electron chi connectivity index (χ0n) is 20.3. The molecule has 0 saturated carbocycles. The first-order valence-corrected chi connectivity index (χ1v) is 12.4. The first-order valence-electron chi connectivity index (χ1n) is 12.4. The minimum Gasteiger partial charge on any atom is -0.381 e. The molecule has 0 spiro atoms. The normalized spacial score (nSPS) is 18.5. The molecule has 2 fully saturated rings. The first-order chi connectivity index (χ1) is 16.6. The summed E-state index contributed by atoms with van der Waals surface area (Å²) in [6, 6.07) is 9.48. The number of rotatable bonds is 9. The van der Waals surface area contributed by atoms with Crippen molar-refractivity contribution in [1.29, 1.82) is 0 Å². The predicted octanol–water partition coefficient (Wildman–Crippen LogP) is 1.67. The number of hydrogen-bond acceptors (Lipinski definition) is 7. The molecule has 1 aromatic carbocycles. The highest BCUT2D eigenvalue weighted by molar-refractivity contribution is 5.79. The number of carbonyl (C=O) groups is 1. The second-order valence-corrected chi connectivity index (χ2v) is 8.78. The number of likely N-dealkylation sites (N-methyl/N-ethyl adjacent to an activating group) is 1. The fourth-order valence-corrected chi connectivity index (χ4v) is 4.64. The Balaban J connectivity index is 1.53. The third-order valence-electron chi connectivity index (χ3n) is 6.79. The van der Waals surface area contributed by atoms with Crippen molar-refractivity contribution in [3.63, 3.8) is 0 Å². The molecule has 2 saturated heterocycles. The summed E-state index contributed by atoms with van der Waals surface area (Å²) in [5.41, 5.74) is 1.94. The lowest BCUT2D eigenvalue weighted by Gasteiger charge is -2.37. The van der Waals surface area contributed by atoms with Crippen molar-refractivity contribution in [2.24, 2.45) is 5.92 Å². The number of para-hydroxylation sites is 1. The van der Waals surface area contributed by atoms with Crippen molar-refractivity contribution >= 4 is 17.3 Å². The number of benzene rings is 1. The predicted molar refractivity (Wildman–Crippen MR) is 134 cm³/mol. The number of piperazine rings is 1. The number of anilines is 2. The van der Waals surface area contributed by atoms with Gasteiger partial charge in [0.2, 0.25) is 5.91 Å². The van der Waals surface area contributed by atoms with E-state index in [-0.39, 0.29) is 17.4 Å². The summed E-state index contributed by atoms with van der Waals surface area (Å²) in [4.78, 5) is 32.7. The lowest BCUT2D eigenvalue weighted by molar-refractivity contribution is -0.135. The highest BCUT2D eigenvalue weighted by atomic mass is 16.5. The maximum Gasteiger partial charge on any atom is 0.296 e. The quantitative estimate of drug-likeness (QED) is 0.599. The van der Waals surface area contributed by atoms with Gasteiger partial charge in [-0.25, -0.2) is 0 Å². The molecular formula is C25H36N6O3. The first kappa shape index (κ1) is 24.2. The van der Waals surface area contributed by atoms with Gasteiger partial charge >= 0.3 is 0 Å². The van der Waals surface area contributed by atoms with E-state index in [2.05, 4.69) is 34.1 Å². The largest absolute Gasteiger partial charge is 0.381 e. The number of carbonyl (C=O) groups excluding carboxylic acids is 1. The third kappa shape index (κ3) is 5.42. The summed E-state index contributed by atoms with van der Waals surface area (Å²) in [7, 11) is 0. The van der Waals surface area contributed by atoms with E-state index in [0.717, 1.165) is 37.4 Å². The number of nitrogens with one attached hydrogen (secondary N) is 1. The Bertz CT molecular complexity index is 993. The Morgan fingerprint density at radius 2 is 1.88 bits per heavy atom. The van der Waals surface area contributed by atoms with Gasteiger partial charge in [0, 0.05) is 45.9 Å². The standard InChI is InChI=1S/C25H36N6O3/c1-3-28(4-2)12-11-26-23-22(18-27-31(25(23)33)21-8-6-5-7-9-21)29-13-15-30(16-14-29)24(32)20-10-17-34-19-20/h5-9,18,20,26H,3-4,10-17,19H2,1-2H3. The minimum atomic E-state index is -0.162. The Morgan fingerprint density at radius 3 is 2.53 bits per heavy atom. The van der Waals surface area contributed by atoms with Gasteiger partial charge in [-0.1, -0.05) is 32.0 Å². The van der Waals surface area contributed by atoms with E-state index in [1.165, 1.54) is 4.68 Å².